The molecule has 1 aromatic carbocycles. The van der Waals surface area contributed by atoms with Crippen molar-refractivity contribution in [3.63, 3.8) is 0 Å². The maximum absolute atomic E-state index is 6.17. The van der Waals surface area contributed by atoms with Gasteiger partial charge in [0.2, 0.25) is 0 Å². The highest BCUT2D eigenvalue weighted by molar-refractivity contribution is 6.31. The maximum Gasteiger partial charge on any atom is 0.132 e. The standard InChI is InChI=1S/C14H18ClN3/c1-9-5-6-10(7-11(9)15)12-13(16)18(8-17-12)14(2,3)4/h5-8H,16H2,1-4H3. The number of imidazole rings is 1. The van der Waals surface area contributed by atoms with E-state index in [2.05, 4.69) is 25.8 Å². The van der Waals surface area contributed by atoms with Gasteiger partial charge in [0.1, 0.15) is 11.5 Å². The fraction of sp³-hybridized carbons (Fsp3) is 0.357. The summed E-state index contributed by atoms with van der Waals surface area (Å²) in [6.07, 6.45) is 1.78. The fourth-order valence-electron chi connectivity index (χ4n) is 1.86. The summed E-state index contributed by atoms with van der Waals surface area (Å²) < 4.78 is 1.97. The average Bonchev–Trinajstić information content (AvgIpc) is 2.64. The number of hydrogen-bond donors (Lipinski definition) is 1. The molecular weight excluding hydrogens is 246 g/mol. The van der Waals surface area contributed by atoms with Gasteiger partial charge in [0.15, 0.2) is 0 Å². The van der Waals surface area contributed by atoms with Crippen molar-refractivity contribution in [2.75, 3.05) is 5.73 Å². The van der Waals surface area contributed by atoms with Gasteiger partial charge in [-0.15, -0.1) is 0 Å². The number of nitrogen functional groups attached to an aromatic ring is 1. The van der Waals surface area contributed by atoms with Gasteiger partial charge in [-0.3, -0.25) is 0 Å². The number of aryl methyl sites for hydroxylation is 1. The summed E-state index contributed by atoms with van der Waals surface area (Å²) in [6.45, 7) is 8.26. The molecule has 0 aliphatic heterocycles. The Hall–Kier alpha value is -1.48. The van der Waals surface area contributed by atoms with Crippen LogP contribution in [0.3, 0.4) is 0 Å². The third-order valence-corrected chi connectivity index (χ3v) is 3.38. The van der Waals surface area contributed by atoms with Gasteiger partial charge in [0.05, 0.1) is 6.33 Å². The quantitative estimate of drug-likeness (QED) is 0.849. The molecule has 0 atom stereocenters. The predicted octanol–water partition coefficient (Wildman–Crippen LogP) is 3.85. The summed E-state index contributed by atoms with van der Waals surface area (Å²) in [4.78, 5) is 4.40. The van der Waals surface area contributed by atoms with E-state index >= 15 is 0 Å². The number of benzene rings is 1. The molecule has 0 radical (unpaired) electrons. The van der Waals surface area contributed by atoms with Crippen LogP contribution in [0, 0.1) is 6.92 Å². The normalized spacial score (nSPS) is 11.8. The van der Waals surface area contributed by atoms with Gasteiger partial charge in [-0.2, -0.15) is 0 Å². The van der Waals surface area contributed by atoms with Crippen LogP contribution in [-0.4, -0.2) is 9.55 Å². The Morgan fingerprint density at radius 1 is 1.28 bits per heavy atom. The lowest BCUT2D eigenvalue weighted by Crippen LogP contribution is -2.22. The first-order valence-corrected chi connectivity index (χ1v) is 6.28. The van der Waals surface area contributed by atoms with Crippen molar-refractivity contribution in [3.05, 3.63) is 35.1 Å². The van der Waals surface area contributed by atoms with Crippen LogP contribution in [0.2, 0.25) is 5.02 Å². The minimum atomic E-state index is -0.0795. The molecule has 0 bridgehead atoms. The summed E-state index contributed by atoms with van der Waals surface area (Å²) in [5.41, 5.74) is 8.87. The molecular formula is C14H18ClN3. The Morgan fingerprint density at radius 2 is 1.94 bits per heavy atom. The number of anilines is 1. The molecule has 0 aliphatic carbocycles. The topological polar surface area (TPSA) is 43.8 Å². The minimum absolute atomic E-state index is 0.0795. The first-order chi connectivity index (χ1) is 8.30. The summed E-state index contributed by atoms with van der Waals surface area (Å²) in [5, 5.41) is 0.734. The molecule has 1 aromatic heterocycles. The van der Waals surface area contributed by atoms with Crippen molar-refractivity contribution in [2.45, 2.75) is 33.2 Å². The lowest BCUT2D eigenvalue weighted by Gasteiger charge is -2.22. The van der Waals surface area contributed by atoms with E-state index in [1.54, 1.807) is 6.33 Å². The van der Waals surface area contributed by atoms with E-state index < -0.39 is 0 Å². The third kappa shape index (κ3) is 2.23. The van der Waals surface area contributed by atoms with Crippen molar-refractivity contribution >= 4 is 17.4 Å². The number of hydrogen-bond acceptors (Lipinski definition) is 2. The van der Waals surface area contributed by atoms with Crippen LogP contribution < -0.4 is 5.73 Å². The van der Waals surface area contributed by atoms with Crippen molar-refractivity contribution in [1.29, 1.82) is 0 Å². The molecule has 0 spiro atoms. The molecule has 0 fully saturated rings. The SMILES string of the molecule is Cc1ccc(-c2ncn(C(C)(C)C)c2N)cc1Cl. The van der Waals surface area contributed by atoms with E-state index in [0.29, 0.717) is 5.82 Å². The van der Waals surface area contributed by atoms with Crippen molar-refractivity contribution in [2.24, 2.45) is 0 Å². The monoisotopic (exact) mass is 263 g/mol. The zero-order valence-electron chi connectivity index (χ0n) is 11.2. The minimum Gasteiger partial charge on any atom is -0.383 e. The fourth-order valence-corrected chi connectivity index (χ4v) is 2.04. The van der Waals surface area contributed by atoms with Gasteiger partial charge < -0.3 is 10.3 Å². The maximum atomic E-state index is 6.17. The van der Waals surface area contributed by atoms with Crippen LogP contribution in [0.15, 0.2) is 24.5 Å². The molecule has 18 heavy (non-hydrogen) atoms. The van der Waals surface area contributed by atoms with Gasteiger partial charge in [-0.25, -0.2) is 4.98 Å². The van der Waals surface area contributed by atoms with Gasteiger partial charge in [-0.05, 0) is 39.3 Å². The highest BCUT2D eigenvalue weighted by Crippen LogP contribution is 2.30. The molecule has 2 rings (SSSR count). The smallest absolute Gasteiger partial charge is 0.132 e. The van der Waals surface area contributed by atoms with Crippen LogP contribution >= 0.6 is 11.6 Å². The number of rotatable bonds is 1. The van der Waals surface area contributed by atoms with Gasteiger partial charge in [0.25, 0.3) is 0 Å². The second kappa shape index (κ2) is 4.32. The molecule has 96 valence electrons. The Balaban J connectivity index is 2.52. The molecule has 0 unspecified atom stereocenters. The van der Waals surface area contributed by atoms with Crippen LogP contribution in [0.25, 0.3) is 11.3 Å². The van der Waals surface area contributed by atoms with E-state index in [-0.39, 0.29) is 5.54 Å². The molecule has 2 N–H and O–H groups in total. The average molecular weight is 264 g/mol. The van der Waals surface area contributed by atoms with Crippen molar-refractivity contribution in [3.8, 4) is 11.3 Å². The van der Waals surface area contributed by atoms with Crippen LogP contribution in [0.1, 0.15) is 26.3 Å². The lowest BCUT2D eigenvalue weighted by atomic mass is 10.1. The zero-order valence-corrected chi connectivity index (χ0v) is 11.9. The summed E-state index contributed by atoms with van der Waals surface area (Å²) >= 11 is 6.14. The van der Waals surface area contributed by atoms with Crippen LogP contribution in [-0.2, 0) is 5.54 Å². The summed E-state index contributed by atoms with van der Waals surface area (Å²) in [7, 11) is 0. The number of halogens is 1. The predicted molar refractivity (Wildman–Crippen MR) is 76.8 cm³/mol. The second-order valence-electron chi connectivity index (χ2n) is 5.48. The Bertz CT molecular complexity index is 579. The van der Waals surface area contributed by atoms with Gasteiger partial charge in [0, 0.05) is 16.1 Å². The van der Waals surface area contributed by atoms with Crippen molar-refractivity contribution in [1.82, 2.24) is 9.55 Å². The third-order valence-electron chi connectivity index (χ3n) is 2.97. The molecule has 0 aliphatic rings. The number of nitrogens with two attached hydrogens (primary N) is 1. The van der Waals surface area contributed by atoms with E-state index in [1.807, 2.05) is 29.7 Å². The lowest BCUT2D eigenvalue weighted by molar-refractivity contribution is 0.402. The van der Waals surface area contributed by atoms with Crippen LogP contribution in [0.5, 0.6) is 0 Å². The molecule has 0 saturated carbocycles. The molecule has 0 amide bonds. The van der Waals surface area contributed by atoms with E-state index in [0.717, 1.165) is 21.8 Å². The largest absolute Gasteiger partial charge is 0.383 e. The van der Waals surface area contributed by atoms with E-state index in [9.17, 15) is 0 Å². The second-order valence-corrected chi connectivity index (χ2v) is 5.89. The molecule has 3 nitrogen and oxygen atoms in total. The Morgan fingerprint density at radius 3 is 2.44 bits per heavy atom. The van der Waals surface area contributed by atoms with Crippen molar-refractivity contribution < 1.29 is 0 Å². The molecule has 4 heteroatoms. The Kier molecular flexibility index (Phi) is 3.11. The first kappa shape index (κ1) is 13.0. The van der Waals surface area contributed by atoms with Gasteiger partial charge >= 0.3 is 0 Å². The summed E-state index contributed by atoms with van der Waals surface area (Å²) in [5.74, 6) is 0.669. The highest BCUT2D eigenvalue weighted by atomic mass is 35.5. The van der Waals surface area contributed by atoms with Crippen LogP contribution in [0.4, 0.5) is 5.82 Å². The van der Waals surface area contributed by atoms with E-state index in [4.69, 9.17) is 17.3 Å². The Labute approximate surface area is 113 Å². The zero-order chi connectivity index (χ0) is 13.5. The molecule has 0 saturated heterocycles. The van der Waals surface area contributed by atoms with Gasteiger partial charge in [-0.1, -0.05) is 23.7 Å². The summed E-state index contributed by atoms with van der Waals surface area (Å²) in [6, 6.07) is 5.88. The molecule has 2 aromatic rings. The highest BCUT2D eigenvalue weighted by Gasteiger charge is 2.19. The number of nitrogens with zero attached hydrogens (tertiary/aromatic N) is 2. The number of aromatic nitrogens is 2. The first-order valence-electron chi connectivity index (χ1n) is 5.90. The van der Waals surface area contributed by atoms with E-state index in [1.165, 1.54) is 0 Å². The molecule has 1 heterocycles.